The topological polar surface area (TPSA) is 17.8 Å². The van der Waals surface area contributed by atoms with Gasteiger partial charge in [0, 0.05) is 22.1 Å². The molecular formula is C16H12BrClN2. The van der Waals surface area contributed by atoms with Crippen molar-refractivity contribution in [2.24, 2.45) is 0 Å². The highest BCUT2D eigenvalue weighted by atomic mass is 79.9. The molecule has 100 valence electrons. The van der Waals surface area contributed by atoms with Crippen LogP contribution < -0.4 is 0 Å². The number of rotatable bonds is 3. The number of hydrogen-bond acceptors (Lipinski definition) is 1. The van der Waals surface area contributed by atoms with Crippen molar-refractivity contribution in [3.8, 4) is 5.69 Å². The maximum Gasteiger partial charge on any atom is 0.0645 e. The van der Waals surface area contributed by atoms with E-state index < -0.39 is 0 Å². The van der Waals surface area contributed by atoms with E-state index in [0.717, 1.165) is 32.7 Å². The normalized spacial score (nSPS) is 10.7. The van der Waals surface area contributed by atoms with Crippen LogP contribution in [0.15, 0.2) is 65.4 Å². The van der Waals surface area contributed by atoms with E-state index in [4.69, 9.17) is 11.6 Å². The molecule has 0 saturated carbocycles. The van der Waals surface area contributed by atoms with Crippen LogP contribution in [0.2, 0.25) is 5.02 Å². The van der Waals surface area contributed by atoms with Crippen LogP contribution in [-0.4, -0.2) is 9.78 Å². The highest BCUT2D eigenvalue weighted by Crippen LogP contribution is 2.23. The number of halogens is 2. The van der Waals surface area contributed by atoms with E-state index >= 15 is 0 Å². The van der Waals surface area contributed by atoms with Gasteiger partial charge in [0.25, 0.3) is 0 Å². The lowest BCUT2D eigenvalue weighted by molar-refractivity contribution is 0.880. The van der Waals surface area contributed by atoms with E-state index in [1.165, 1.54) is 0 Å². The Kier molecular flexibility index (Phi) is 3.90. The third-order valence-corrected chi connectivity index (χ3v) is 3.92. The third-order valence-electron chi connectivity index (χ3n) is 3.06. The number of aromatic nitrogens is 2. The van der Waals surface area contributed by atoms with Crippen molar-refractivity contribution < 1.29 is 0 Å². The minimum atomic E-state index is 0.769. The van der Waals surface area contributed by atoms with Crippen molar-refractivity contribution in [3.63, 3.8) is 0 Å². The van der Waals surface area contributed by atoms with Crippen molar-refractivity contribution in [2.75, 3.05) is 0 Å². The molecule has 2 nitrogen and oxygen atoms in total. The van der Waals surface area contributed by atoms with Crippen molar-refractivity contribution in [2.45, 2.75) is 6.42 Å². The molecule has 0 atom stereocenters. The summed E-state index contributed by atoms with van der Waals surface area (Å²) in [6.45, 7) is 0. The Hall–Kier alpha value is -1.58. The summed E-state index contributed by atoms with van der Waals surface area (Å²) in [5.41, 5.74) is 3.28. The maximum atomic E-state index is 6.22. The summed E-state index contributed by atoms with van der Waals surface area (Å²) in [4.78, 5) is 0. The fourth-order valence-corrected chi connectivity index (χ4v) is 2.66. The lowest BCUT2D eigenvalue weighted by atomic mass is 10.1. The fraction of sp³-hybridized carbons (Fsp3) is 0.0625. The predicted molar refractivity (Wildman–Crippen MR) is 85.5 cm³/mol. The molecule has 0 aliphatic rings. The molecule has 0 unspecified atom stereocenters. The van der Waals surface area contributed by atoms with Gasteiger partial charge in [-0.2, -0.15) is 5.10 Å². The number of para-hydroxylation sites is 1. The molecule has 1 heterocycles. The molecular weight excluding hydrogens is 336 g/mol. The summed E-state index contributed by atoms with van der Waals surface area (Å²) in [7, 11) is 0. The van der Waals surface area contributed by atoms with Crippen LogP contribution in [0.25, 0.3) is 5.69 Å². The largest absolute Gasteiger partial charge is 0.241 e. The first-order valence-corrected chi connectivity index (χ1v) is 7.42. The van der Waals surface area contributed by atoms with Crippen molar-refractivity contribution in [3.05, 3.63) is 81.5 Å². The second kappa shape index (κ2) is 5.81. The quantitative estimate of drug-likeness (QED) is 0.660. The van der Waals surface area contributed by atoms with Crippen LogP contribution in [0.5, 0.6) is 0 Å². The van der Waals surface area contributed by atoms with E-state index in [2.05, 4.69) is 21.0 Å². The van der Waals surface area contributed by atoms with Gasteiger partial charge in [0.15, 0.2) is 0 Å². The molecule has 0 aliphatic carbocycles. The monoisotopic (exact) mass is 346 g/mol. The second-order valence-electron chi connectivity index (χ2n) is 4.54. The fourth-order valence-electron chi connectivity index (χ4n) is 2.07. The Balaban J connectivity index is 1.86. The van der Waals surface area contributed by atoms with Crippen LogP contribution in [0.1, 0.15) is 11.1 Å². The average molecular weight is 348 g/mol. The molecule has 0 saturated heterocycles. The van der Waals surface area contributed by atoms with Crippen LogP contribution in [0.4, 0.5) is 0 Å². The van der Waals surface area contributed by atoms with Crippen LogP contribution in [-0.2, 0) is 6.42 Å². The smallest absolute Gasteiger partial charge is 0.0645 e. The standard InChI is InChI=1S/C16H12BrClN2/c17-14-6-7-16(18)13(9-14)8-12-10-19-20(11-12)15-4-2-1-3-5-15/h1-7,9-11H,8H2. The van der Waals surface area contributed by atoms with Crippen molar-refractivity contribution in [1.29, 1.82) is 0 Å². The molecule has 1 aromatic heterocycles. The van der Waals surface area contributed by atoms with E-state index in [-0.39, 0.29) is 0 Å². The number of nitrogens with zero attached hydrogens (tertiary/aromatic N) is 2. The number of hydrogen-bond donors (Lipinski definition) is 0. The Morgan fingerprint density at radius 2 is 1.90 bits per heavy atom. The van der Waals surface area contributed by atoms with Gasteiger partial charge < -0.3 is 0 Å². The first-order valence-electron chi connectivity index (χ1n) is 6.25. The molecule has 3 aromatic rings. The minimum Gasteiger partial charge on any atom is -0.241 e. The third kappa shape index (κ3) is 2.94. The second-order valence-corrected chi connectivity index (χ2v) is 5.86. The molecule has 20 heavy (non-hydrogen) atoms. The summed E-state index contributed by atoms with van der Waals surface area (Å²) < 4.78 is 2.91. The molecule has 0 bridgehead atoms. The van der Waals surface area contributed by atoms with Gasteiger partial charge >= 0.3 is 0 Å². The Bertz CT molecular complexity index is 722. The summed E-state index contributed by atoms with van der Waals surface area (Å²) in [6.07, 6.45) is 4.68. The van der Waals surface area contributed by atoms with Gasteiger partial charge in [-0.25, -0.2) is 4.68 Å². The van der Waals surface area contributed by atoms with Gasteiger partial charge in [0.05, 0.1) is 11.9 Å². The molecule has 0 aliphatic heterocycles. The lowest BCUT2D eigenvalue weighted by Gasteiger charge is -2.03. The molecule has 0 radical (unpaired) electrons. The minimum absolute atomic E-state index is 0.769. The van der Waals surface area contributed by atoms with Gasteiger partial charge in [-0.05, 0) is 41.5 Å². The number of benzene rings is 2. The SMILES string of the molecule is Clc1ccc(Br)cc1Cc1cnn(-c2ccccc2)c1. The van der Waals surface area contributed by atoms with Crippen molar-refractivity contribution in [1.82, 2.24) is 9.78 Å². The van der Waals surface area contributed by atoms with Crippen LogP contribution in [0.3, 0.4) is 0 Å². The maximum absolute atomic E-state index is 6.22. The van der Waals surface area contributed by atoms with Gasteiger partial charge in [0.1, 0.15) is 0 Å². The molecule has 4 heteroatoms. The highest BCUT2D eigenvalue weighted by Gasteiger charge is 2.06. The van der Waals surface area contributed by atoms with Crippen LogP contribution >= 0.6 is 27.5 Å². The molecule has 0 fully saturated rings. The lowest BCUT2D eigenvalue weighted by Crippen LogP contribution is -1.93. The molecule has 0 amide bonds. The molecule has 2 aromatic carbocycles. The first kappa shape index (κ1) is 13.4. The Labute approximate surface area is 131 Å². The first-order chi connectivity index (χ1) is 9.72. The summed E-state index contributed by atoms with van der Waals surface area (Å²) in [5, 5.41) is 5.17. The summed E-state index contributed by atoms with van der Waals surface area (Å²) in [6, 6.07) is 16.0. The van der Waals surface area contributed by atoms with Gasteiger partial charge in [-0.15, -0.1) is 0 Å². The van der Waals surface area contributed by atoms with Gasteiger partial charge in [-0.3, -0.25) is 0 Å². The molecule has 0 spiro atoms. The zero-order valence-electron chi connectivity index (χ0n) is 10.6. The summed E-state index contributed by atoms with van der Waals surface area (Å²) in [5.74, 6) is 0. The van der Waals surface area contributed by atoms with E-state index in [1.54, 1.807) is 0 Å². The van der Waals surface area contributed by atoms with Crippen molar-refractivity contribution >= 4 is 27.5 Å². The molecule has 0 N–H and O–H groups in total. The predicted octanol–water partition coefficient (Wildman–Crippen LogP) is 4.88. The molecule has 3 rings (SSSR count). The zero-order chi connectivity index (χ0) is 13.9. The van der Waals surface area contributed by atoms with E-state index in [0.29, 0.717) is 0 Å². The average Bonchev–Trinajstić information content (AvgIpc) is 2.92. The summed E-state index contributed by atoms with van der Waals surface area (Å²) >= 11 is 9.69. The highest BCUT2D eigenvalue weighted by molar-refractivity contribution is 9.10. The van der Waals surface area contributed by atoms with E-state index in [9.17, 15) is 0 Å². The van der Waals surface area contributed by atoms with Gasteiger partial charge in [0.2, 0.25) is 0 Å². The van der Waals surface area contributed by atoms with Gasteiger partial charge in [-0.1, -0.05) is 45.7 Å². The van der Waals surface area contributed by atoms with E-state index in [1.807, 2.05) is 65.6 Å². The van der Waals surface area contributed by atoms with Crippen LogP contribution in [0, 0.1) is 0 Å². The Morgan fingerprint density at radius 1 is 1.10 bits per heavy atom. The zero-order valence-corrected chi connectivity index (χ0v) is 13.0. The Morgan fingerprint density at radius 3 is 2.70 bits per heavy atom.